The number of aromatic nitrogens is 2. The van der Waals surface area contributed by atoms with Crippen molar-refractivity contribution in [1.29, 1.82) is 0 Å². The van der Waals surface area contributed by atoms with Gasteiger partial charge >= 0.3 is 6.09 Å². The molecule has 2 saturated heterocycles. The van der Waals surface area contributed by atoms with Crippen LogP contribution in [-0.2, 0) is 9.53 Å². The molecule has 2 aliphatic heterocycles. The zero-order valence-corrected chi connectivity index (χ0v) is 12.3. The van der Waals surface area contributed by atoms with E-state index in [1.165, 1.54) is 4.90 Å². The molecule has 0 spiro atoms. The first-order valence-electron chi connectivity index (χ1n) is 7.45. The van der Waals surface area contributed by atoms with E-state index in [0.717, 1.165) is 31.9 Å². The van der Waals surface area contributed by atoms with E-state index in [1.54, 1.807) is 18.5 Å². The summed E-state index contributed by atoms with van der Waals surface area (Å²) >= 11 is 0. The van der Waals surface area contributed by atoms with Gasteiger partial charge in [-0.2, -0.15) is 0 Å². The van der Waals surface area contributed by atoms with Gasteiger partial charge in [-0.1, -0.05) is 0 Å². The van der Waals surface area contributed by atoms with Gasteiger partial charge in [0, 0.05) is 31.5 Å². The summed E-state index contributed by atoms with van der Waals surface area (Å²) in [6.45, 7) is 2.53. The monoisotopic (exact) mass is 305 g/mol. The third kappa shape index (κ3) is 3.44. The molecule has 0 atom stereocenters. The highest BCUT2D eigenvalue weighted by molar-refractivity contribution is 5.83. The second-order valence-corrected chi connectivity index (χ2v) is 5.41. The van der Waals surface area contributed by atoms with Crippen LogP contribution in [0.25, 0.3) is 0 Å². The van der Waals surface area contributed by atoms with Gasteiger partial charge in [0.1, 0.15) is 13.2 Å². The van der Waals surface area contributed by atoms with Crippen molar-refractivity contribution in [2.75, 3.05) is 37.7 Å². The largest absolute Gasteiger partial charge is 0.448 e. The molecule has 1 aromatic heterocycles. The molecule has 8 nitrogen and oxygen atoms in total. The molecule has 0 bridgehead atoms. The van der Waals surface area contributed by atoms with Crippen molar-refractivity contribution < 1.29 is 14.3 Å². The SMILES string of the molecule is O=C(CN1CCOC1=O)NC1CCN(c2ncccn2)CC1. The zero-order chi connectivity index (χ0) is 15.4. The average molecular weight is 305 g/mol. The summed E-state index contributed by atoms with van der Waals surface area (Å²) in [5.74, 6) is 0.598. The van der Waals surface area contributed by atoms with Crippen LogP contribution in [0.3, 0.4) is 0 Å². The molecule has 1 N–H and O–H groups in total. The Bertz CT molecular complexity index is 531. The number of anilines is 1. The van der Waals surface area contributed by atoms with E-state index >= 15 is 0 Å². The normalized spacial score (nSPS) is 19.2. The first kappa shape index (κ1) is 14.6. The summed E-state index contributed by atoms with van der Waals surface area (Å²) in [6.07, 6.45) is 4.73. The Labute approximate surface area is 128 Å². The maximum absolute atomic E-state index is 12.0. The van der Waals surface area contributed by atoms with Crippen LogP contribution in [0.15, 0.2) is 18.5 Å². The lowest BCUT2D eigenvalue weighted by molar-refractivity contribution is -0.122. The van der Waals surface area contributed by atoms with Crippen molar-refractivity contribution in [1.82, 2.24) is 20.2 Å². The molecule has 0 radical (unpaired) electrons. The number of amides is 2. The quantitative estimate of drug-likeness (QED) is 0.843. The fourth-order valence-corrected chi connectivity index (χ4v) is 2.69. The highest BCUT2D eigenvalue weighted by Crippen LogP contribution is 2.15. The summed E-state index contributed by atoms with van der Waals surface area (Å²) < 4.78 is 4.81. The summed E-state index contributed by atoms with van der Waals surface area (Å²) in [6, 6.07) is 1.92. The van der Waals surface area contributed by atoms with Crippen LogP contribution >= 0.6 is 0 Å². The molecular formula is C14H19N5O3. The van der Waals surface area contributed by atoms with E-state index in [0.29, 0.717) is 13.2 Å². The van der Waals surface area contributed by atoms with Gasteiger partial charge in [-0.05, 0) is 18.9 Å². The molecule has 0 saturated carbocycles. The van der Waals surface area contributed by atoms with Gasteiger partial charge < -0.3 is 15.0 Å². The molecule has 22 heavy (non-hydrogen) atoms. The Balaban J connectivity index is 1.44. The molecule has 0 aromatic carbocycles. The number of nitrogens with zero attached hydrogens (tertiary/aromatic N) is 4. The van der Waals surface area contributed by atoms with Crippen molar-refractivity contribution in [3.8, 4) is 0 Å². The number of hydrogen-bond donors (Lipinski definition) is 1. The minimum atomic E-state index is -0.411. The molecule has 2 amide bonds. The van der Waals surface area contributed by atoms with Crippen LogP contribution in [0.1, 0.15) is 12.8 Å². The second-order valence-electron chi connectivity index (χ2n) is 5.41. The number of carbonyl (C=O) groups is 2. The van der Waals surface area contributed by atoms with Crippen LogP contribution in [-0.4, -0.2) is 65.7 Å². The zero-order valence-electron chi connectivity index (χ0n) is 12.3. The van der Waals surface area contributed by atoms with Gasteiger partial charge in [0.25, 0.3) is 0 Å². The summed E-state index contributed by atoms with van der Waals surface area (Å²) in [5.41, 5.74) is 0. The standard InChI is InChI=1S/C14H19N5O3/c20-12(10-19-8-9-22-14(19)21)17-11-2-6-18(7-3-11)13-15-4-1-5-16-13/h1,4-5,11H,2-3,6-10H2,(H,17,20). The lowest BCUT2D eigenvalue weighted by atomic mass is 10.1. The van der Waals surface area contributed by atoms with Crippen LogP contribution in [0.5, 0.6) is 0 Å². The summed E-state index contributed by atoms with van der Waals surface area (Å²) in [5, 5.41) is 2.98. The van der Waals surface area contributed by atoms with E-state index in [9.17, 15) is 9.59 Å². The van der Waals surface area contributed by atoms with Crippen molar-refractivity contribution in [2.45, 2.75) is 18.9 Å². The Morgan fingerprint density at radius 2 is 2.00 bits per heavy atom. The summed E-state index contributed by atoms with van der Waals surface area (Å²) in [4.78, 5) is 35.3. The molecule has 0 aliphatic carbocycles. The fraction of sp³-hybridized carbons (Fsp3) is 0.571. The third-order valence-corrected chi connectivity index (χ3v) is 3.87. The van der Waals surface area contributed by atoms with E-state index in [1.807, 2.05) is 0 Å². The van der Waals surface area contributed by atoms with E-state index < -0.39 is 6.09 Å². The number of hydrogen-bond acceptors (Lipinski definition) is 6. The van der Waals surface area contributed by atoms with Crippen molar-refractivity contribution >= 4 is 17.9 Å². The minimum Gasteiger partial charge on any atom is -0.448 e. The predicted molar refractivity (Wildman–Crippen MR) is 78.3 cm³/mol. The molecule has 8 heteroatoms. The maximum Gasteiger partial charge on any atom is 0.410 e. The smallest absolute Gasteiger partial charge is 0.410 e. The van der Waals surface area contributed by atoms with Gasteiger partial charge in [0.2, 0.25) is 11.9 Å². The molecule has 2 fully saturated rings. The highest BCUT2D eigenvalue weighted by Gasteiger charge is 2.26. The number of carbonyl (C=O) groups excluding carboxylic acids is 2. The van der Waals surface area contributed by atoms with E-state index in [-0.39, 0.29) is 18.5 Å². The Morgan fingerprint density at radius 3 is 2.64 bits per heavy atom. The number of rotatable bonds is 4. The van der Waals surface area contributed by atoms with E-state index in [2.05, 4.69) is 20.2 Å². The number of nitrogens with one attached hydrogen (secondary N) is 1. The van der Waals surface area contributed by atoms with Crippen molar-refractivity contribution in [3.05, 3.63) is 18.5 Å². The molecule has 118 valence electrons. The molecule has 2 aliphatic rings. The lowest BCUT2D eigenvalue weighted by Gasteiger charge is -2.32. The van der Waals surface area contributed by atoms with Gasteiger partial charge in [-0.3, -0.25) is 9.69 Å². The molecule has 3 rings (SSSR count). The number of piperidine rings is 1. The van der Waals surface area contributed by atoms with Gasteiger partial charge in [0.15, 0.2) is 0 Å². The molecule has 0 unspecified atom stereocenters. The van der Waals surface area contributed by atoms with Crippen molar-refractivity contribution in [3.63, 3.8) is 0 Å². The topological polar surface area (TPSA) is 87.7 Å². The molecular weight excluding hydrogens is 286 g/mol. The Morgan fingerprint density at radius 1 is 1.27 bits per heavy atom. The van der Waals surface area contributed by atoms with Crippen molar-refractivity contribution in [2.24, 2.45) is 0 Å². The second kappa shape index (κ2) is 6.59. The van der Waals surface area contributed by atoms with Crippen LogP contribution in [0.2, 0.25) is 0 Å². The Kier molecular flexibility index (Phi) is 4.36. The number of cyclic esters (lactones) is 1. The summed E-state index contributed by atoms with van der Waals surface area (Å²) in [7, 11) is 0. The number of ether oxygens (including phenoxy) is 1. The van der Waals surface area contributed by atoms with Crippen LogP contribution in [0.4, 0.5) is 10.7 Å². The lowest BCUT2D eigenvalue weighted by Crippen LogP contribution is -2.48. The predicted octanol–water partition coefficient (Wildman–Crippen LogP) is 0.0138. The van der Waals surface area contributed by atoms with Gasteiger partial charge in [0.05, 0.1) is 6.54 Å². The third-order valence-electron chi connectivity index (χ3n) is 3.87. The fourth-order valence-electron chi connectivity index (χ4n) is 2.69. The maximum atomic E-state index is 12.0. The van der Waals surface area contributed by atoms with Crippen LogP contribution in [0, 0.1) is 0 Å². The first-order chi connectivity index (χ1) is 10.7. The highest BCUT2D eigenvalue weighted by atomic mass is 16.6. The average Bonchev–Trinajstić information content (AvgIpc) is 2.94. The van der Waals surface area contributed by atoms with Gasteiger partial charge in [-0.25, -0.2) is 14.8 Å². The first-order valence-corrected chi connectivity index (χ1v) is 7.45. The van der Waals surface area contributed by atoms with Crippen LogP contribution < -0.4 is 10.2 Å². The molecule has 1 aromatic rings. The van der Waals surface area contributed by atoms with Gasteiger partial charge in [-0.15, -0.1) is 0 Å². The van der Waals surface area contributed by atoms with E-state index in [4.69, 9.17) is 4.74 Å². The minimum absolute atomic E-state index is 0.0703. The Hall–Kier alpha value is -2.38. The molecule has 3 heterocycles.